The SMILES string of the molecule is CN1CC2CNCCN2C(c2cccs2)C1=O. The van der Waals surface area contributed by atoms with Gasteiger partial charge in [-0.2, -0.15) is 0 Å². The van der Waals surface area contributed by atoms with Crippen molar-refractivity contribution in [2.75, 3.05) is 33.2 Å². The molecule has 4 nitrogen and oxygen atoms in total. The Labute approximate surface area is 105 Å². The molecule has 0 radical (unpaired) electrons. The fourth-order valence-electron chi connectivity index (χ4n) is 2.77. The Morgan fingerprint density at radius 1 is 1.53 bits per heavy atom. The Bertz CT molecular complexity index is 406. The van der Waals surface area contributed by atoms with Crippen LogP contribution in [0.1, 0.15) is 10.9 Å². The molecule has 17 heavy (non-hydrogen) atoms. The van der Waals surface area contributed by atoms with Crippen LogP contribution in [0, 0.1) is 0 Å². The van der Waals surface area contributed by atoms with Crippen LogP contribution >= 0.6 is 11.3 Å². The Morgan fingerprint density at radius 3 is 3.18 bits per heavy atom. The Hall–Kier alpha value is -0.910. The summed E-state index contributed by atoms with van der Waals surface area (Å²) in [4.78, 5) is 17.8. The van der Waals surface area contributed by atoms with Crippen molar-refractivity contribution in [3.05, 3.63) is 22.4 Å². The van der Waals surface area contributed by atoms with Crippen molar-refractivity contribution < 1.29 is 4.79 Å². The van der Waals surface area contributed by atoms with E-state index < -0.39 is 0 Å². The van der Waals surface area contributed by atoms with Crippen molar-refractivity contribution >= 4 is 17.2 Å². The number of carbonyl (C=O) groups is 1. The van der Waals surface area contributed by atoms with Gasteiger partial charge in [0, 0.05) is 44.1 Å². The summed E-state index contributed by atoms with van der Waals surface area (Å²) in [6.07, 6.45) is 0. The van der Waals surface area contributed by atoms with E-state index in [0.717, 1.165) is 26.2 Å². The lowest BCUT2D eigenvalue weighted by molar-refractivity contribution is -0.144. The zero-order chi connectivity index (χ0) is 11.8. The summed E-state index contributed by atoms with van der Waals surface area (Å²) < 4.78 is 0. The maximum absolute atomic E-state index is 12.3. The van der Waals surface area contributed by atoms with Gasteiger partial charge in [-0.05, 0) is 11.4 Å². The van der Waals surface area contributed by atoms with Crippen LogP contribution < -0.4 is 5.32 Å². The van der Waals surface area contributed by atoms with Gasteiger partial charge in [0.05, 0.1) is 0 Å². The summed E-state index contributed by atoms with van der Waals surface area (Å²) >= 11 is 1.68. The molecule has 2 saturated heterocycles. The van der Waals surface area contributed by atoms with E-state index in [9.17, 15) is 4.79 Å². The summed E-state index contributed by atoms with van der Waals surface area (Å²) in [6, 6.07) is 4.50. The average Bonchev–Trinajstić information content (AvgIpc) is 2.84. The quantitative estimate of drug-likeness (QED) is 0.791. The molecular weight excluding hydrogens is 234 g/mol. The highest BCUT2D eigenvalue weighted by molar-refractivity contribution is 7.10. The van der Waals surface area contributed by atoms with Crippen molar-refractivity contribution in [1.82, 2.24) is 15.1 Å². The fourth-order valence-corrected chi connectivity index (χ4v) is 3.61. The highest BCUT2D eigenvalue weighted by Crippen LogP contribution is 2.32. The molecule has 0 aliphatic carbocycles. The van der Waals surface area contributed by atoms with Gasteiger partial charge in [-0.15, -0.1) is 11.3 Å². The van der Waals surface area contributed by atoms with Gasteiger partial charge in [-0.25, -0.2) is 0 Å². The molecule has 2 atom stereocenters. The third-order valence-corrected chi connectivity index (χ3v) is 4.56. The molecule has 1 aromatic rings. The summed E-state index contributed by atoms with van der Waals surface area (Å²) in [6.45, 7) is 3.77. The smallest absolute Gasteiger partial charge is 0.245 e. The first-order chi connectivity index (χ1) is 8.27. The minimum Gasteiger partial charge on any atom is -0.342 e. The number of nitrogens with zero attached hydrogens (tertiary/aromatic N) is 2. The van der Waals surface area contributed by atoms with Crippen molar-refractivity contribution in [2.45, 2.75) is 12.1 Å². The minimum atomic E-state index is -0.0548. The topological polar surface area (TPSA) is 35.6 Å². The Kier molecular flexibility index (Phi) is 2.90. The molecule has 1 N–H and O–H groups in total. The first kappa shape index (κ1) is 11.2. The van der Waals surface area contributed by atoms with Gasteiger partial charge >= 0.3 is 0 Å². The molecule has 0 aromatic carbocycles. The molecule has 3 heterocycles. The number of rotatable bonds is 1. The molecule has 1 aromatic heterocycles. The zero-order valence-electron chi connectivity index (χ0n) is 9.93. The van der Waals surface area contributed by atoms with E-state index in [4.69, 9.17) is 0 Å². The van der Waals surface area contributed by atoms with Crippen molar-refractivity contribution in [3.8, 4) is 0 Å². The Balaban J connectivity index is 1.93. The highest BCUT2D eigenvalue weighted by Gasteiger charge is 2.41. The molecule has 3 rings (SSSR count). The van der Waals surface area contributed by atoms with E-state index in [0.29, 0.717) is 6.04 Å². The summed E-state index contributed by atoms with van der Waals surface area (Å²) in [5, 5.41) is 5.46. The number of nitrogens with one attached hydrogen (secondary N) is 1. The first-order valence-corrected chi connectivity index (χ1v) is 6.90. The number of thiophene rings is 1. The number of hydrogen-bond donors (Lipinski definition) is 1. The molecule has 2 aliphatic heterocycles. The van der Waals surface area contributed by atoms with Crippen LogP contribution in [0.15, 0.2) is 17.5 Å². The summed E-state index contributed by atoms with van der Waals surface area (Å²) in [5.74, 6) is 0.241. The van der Waals surface area contributed by atoms with Crippen LogP contribution in [0.4, 0.5) is 0 Å². The molecule has 0 bridgehead atoms. The average molecular weight is 251 g/mol. The number of piperazine rings is 2. The molecule has 1 amide bonds. The second-order valence-electron chi connectivity index (χ2n) is 4.73. The summed E-state index contributed by atoms with van der Waals surface area (Å²) in [5.41, 5.74) is 0. The van der Waals surface area contributed by atoms with E-state index in [2.05, 4.69) is 21.7 Å². The number of hydrogen-bond acceptors (Lipinski definition) is 4. The van der Waals surface area contributed by atoms with E-state index in [1.807, 2.05) is 18.0 Å². The van der Waals surface area contributed by atoms with Crippen LogP contribution in [0.25, 0.3) is 0 Å². The molecule has 92 valence electrons. The van der Waals surface area contributed by atoms with Gasteiger partial charge in [0.1, 0.15) is 6.04 Å². The zero-order valence-corrected chi connectivity index (χ0v) is 10.7. The van der Waals surface area contributed by atoms with E-state index in [-0.39, 0.29) is 11.9 Å². The van der Waals surface area contributed by atoms with E-state index in [1.165, 1.54) is 4.88 Å². The predicted molar refractivity (Wildman–Crippen MR) is 68.1 cm³/mol. The molecular formula is C12H17N3OS. The van der Waals surface area contributed by atoms with Crippen LogP contribution in [0.3, 0.4) is 0 Å². The van der Waals surface area contributed by atoms with Crippen LogP contribution in [-0.2, 0) is 4.79 Å². The summed E-state index contributed by atoms with van der Waals surface area (Å²) in [7, 11) is 1.91. The molecule has 0 saturated carbocycles. The lowest BCUT2D eigenvalue weighted by Gasteiger charge is -2.47. The molecule has 2 unspecified atom stereocenters. The van der Waals surface area contributed by atoms with Gasteiger partial charge < -0.3 is 10.2 Å². The third kappa shape index (κ3) is 1.88. The van der Waals surface area contributed by atoms with Gasteiger partial charge in [0.2, 0.25) is 5.91 Å². The lowest BCUT2D eigenvalue weighted by Crippen LogP contribution is -2.63. The highest BCUT2D eigenvalue weighted by atomic mass is 32.1. The van der Waals surface area contributed by atoms with Gasteiger partial charge in [0.15, 0.2) is 0 Å². The standard InChI is InChI=1S/C12H17N3OS/c1-14-8-9-7-13-4-5-15(9)11(12(14)16)10-3-2-6-17-10/h2-3,6,9,11,13H,4-5,7-8H2,1H3. The fraction of sp³-hybridized carbons (Fsp3) is 0.583. The monoisotopic (exact) mass is 251 g/mol. The molecule has 2 aliphatic rings. The predicted octanol–water partition coefficient (Wildman–Crippen LogP) is 0.535. The minimum absolute atomic E-state index is 0.0548. The third-order valence-electron chi connectivity index (χ3n) is 3.63. The van der Waals surface area contributed by atoms with Crippen molar-refractivity contribution in [3.63, 3.8) is 0 Å². The number of amides is 1. The number of fused-ring (bicyclic) bond motifs is 1. The second-order valence-corrected chi connectivity index (χ2v) is 5.71. The van der Waals surface area contributed by atoms with E-state index in [1.54, 1.807) is 11.3 Å². The maximum atomic E-state index is 12.3. The van der Waals surface area contributed by atoms with Crippen LogP contribution in [0.2, 0.25) is 0 Å². The molecule has 5 heteroatoms. The lowest BCUT2D eigenvalue weighted by atomic mass is 10.0. The van der Waals surface area contributed by atoms with E-state index >= 15 is 0 Å². The van der Waals surface area contributed by atoms with Crippen molar-refractivity contribution in [1.29, 1.82) is 0 Å². The molecule has 0 spiro atoms. The molecule has 2 fully saturated rings. The Morgan fingerprint density at radius 2 is 2.41 bits per heavy atom. The second kappa shape index (κ2) is 4.40. The normalized spacial score (nSPS) is 30.4. The van der Waals surface area contributed by atoms with Crippen molar-refractivity contribution in [2.24, 2.45) is 0 Å². The van der Waals surface area contributed by atoms with Gasteiger partial charge in [-0.1, -0.05) is 6.07 Å². The van der Waals surface area contributed by atoms with Crippen LogP contribution in [-0.4, -0.2) is 55.0 Å². The van der Waals surface area contributed by atoms with Crippen LogP contribution in [0.5, 0.6) is 0 Å². The van der Waals surface area contributed by atoms with Gasteiger partial charge in [0.25, 0.3) is 0 Å². The maximum Gasteiger partial charge on any atom is 0.245 e. The number of likely N-dealkylation sites (N-methyl/N-ethyl adjacent to an activating group) is 1. The largest absolute Gasteiger partial charge is 0.342 e. The first-order valence-electron chi connectivity index (χ1n) is 6.02. The van der Waals surface area contributed by atoms with Gasteiger partial charge in [-0.3, -0.25) is 9.69 Å². The number of carbonyl (C=O) groups excluding carboxylic acids is 1.